The Morgan fingerprint density at radius 1 is 1.38 bits per heavy atom. The number of hydrogen-bond donors (Lipinski definition) is 1. The summed E-state index contributed by atoms with van der Waals surface area (Å²) in [5, 5.41) is 14.2. The van der Waals surface area contributed by atoms with Gasteiger partial charge in [-0.3, -0.25) is 4.68 Å². The predicted molar refractivity (Wildman–Crippen MR) is 81.7 cm³/mol. The Morgan fingerprint density at radius 2 is 2.24 bits per heavy atom. The molecule has 21 heavy (non-hydrogen) atoms. The summed E-state index contributed by atoms with van der Waals surface area (Å²) < 4.78 is 7.86. The number of ether oxygens (including phenoxy) is 1. The van der Waals surface area contributed by atoms with Crippen molar-refractivity contribution in [1.29, 1.82) is 0 Å². The number of fused-ring (bicyclic) bond motifs is 1. The molecule has 1 aliphatic carbocycles. The van der Waals surface area contributed by atoms with Crippen molar-refractivity contribution in [2.45, 2.75) is 45.8 Å². The Hall–Kier alpha value is -1.81. The first-order valence-corrected chi connectivity index (χ1v) is 7.55. The topological polar surface area (TPSA) is 47.3 Å². The van der Waals surface area contributed by atoms with Gasteiger partial charge in [0.05, 0.1) is 18.8 Å². The first kappa shape index (κ1) is 14.1. The van der Waals surface area contributed by atoms with Crippen LogP contribution in [0.3, 0.4) is 0 Å². The van der Waals surface area contributed by atoms with Gasteiger partial charge in [-0.15, -0.1) is 0 Å². The highest BCUT2D eigenvalue weighted by Crippen LogP contribution is 2.22. The summed E-state index contributed by atoms with van der Waals surface area (Å²) in [6.07, 6.45) is 4.18. The van der Waals surface area contributed by atoms with Crippen LogP contribution in [0.1, 0.15) is 28.8 Å². The summed E-state index contributed by atoms with van der Waals surface area (Å²) in [4.78, 5) is 0. The maximum absolute atomic E-state index is 9.80. The van der Waals surface area contributed by atoms with Crippen molar-refractivity contribution in [2.75, 3.05) is 6.61 Å². The van der Waals surface area contributed by atoms with Crippen LogP contribution in [0.4, 0.5) is 0 Å². The number of hydrogen-bond acceptors (Lipinski definition) is 3. The van der Waals surface area contributed by atoms with Gasteiger partial charge in [0.25, 0.3) is 0 Å². The van der Waals surface area contributed by atoms with Gasteiger partial charge in [0.2, 0.25) is 0 Å². The molecule has 0 fully saturated rings. The molecule has 1 aliphatic rings. The van der Waals surface area contributed by atoms with E-state index in [0.717, 1.165) is 30.7 Å². The largest absolute Gasteiger partial charge is 0.491 e. The third-order valence-corrected chi connectivity index (χ3v) is 4.12. The fraction of sp³-hybridized carbons (Fsp3) is 0.471. The van der Waals surface area contributed by atoms with Crippen LogP contribution >= 0.6 is 0 Å². The van der Waals surface area contributed by atoms with Crippen molar-refractivity contribution < 1.29 is 9.84 Å². The summed E-state index contributed by atoms with van der Waals surface area (Å²) in [7, 11) is 0. The van der Waals surface area contributed by atoms with Crippen molar-refractivity contribution in [3.05, 3.63) is 46.8 Å². The highest BCUT2D eigenvalue weighted by molar-refractivity contribution is 5.35. The first-order valence-electron chi connectivity index (χ1n) is 7.55. The normalized spacial score (nSPS) is 17.6. The van der Waals surface area contributed by atoms with E-state index < -0.39 is 0 Å². The second-order valence-electron chi connectivity index (χ2n) is 5.85. The van der Waals surface area contributed by atoms with Gasteiger partial charge in [-0.2, -0.15) is 5.10 Å². The zero-order valence-corrected chi connectivity index (χ0v) is 12.7. The molecule has 0 bridgehead atoms. The van der Waals surface area contributed by atoms with E-state index >= 15 is 0 Å². The van der Waals surface area contributed by atoms with Crippen LogP contribution in [-0.2, 0) is 19.4 Å². The minimum Gasteiger partial charge on any atom is -0.491 e. The van der Waals surface area contributed by atoms with Crippen LogP contribution in [0, 0.1) is 13.8 Å². The maximum atomic E-state index is 9.80. The zero-order chi connectivity index (χ0) is 14.8. The van der Waals surface area contributed by atoms with Crippen molar-refractivity contribution in [3.8, 4) is 5.75 Å². The summed E-state index contributed by atoms with van der Waals surface area (Å²) in [6, 6.07) is 6.24. The minimum absolute atomic E-state index is 0.229. The van der Waals surface area contributed by atoms with Crippen LogP contribution in [0.5, 0.6) is 5.75 Å². The lowest BCUT2D eigenvalue weighted by Crippen LogP contribution is -2.22. The number of rotatable bonds is 4. The molecule has 1 aromatic heterocycles. The fourth-order valence-electron chi connectivity index (χ4n) is 2.84. The van der Waals surface area contributed by atoms with E-state index in [1.807, 2.05) is 10.9 Å². The third kappa shape index (κ3) is 3.10. The quantitative estimate of drug-likeness (QED) is 0.939. The Balaban J connectivity index is 1.63. The molecule has 3 rings (SSSR count). The Morgan fingerprint density at radius 3 is 3.10 bits per heavy atom. The molecule has 1 atom stereocenters. The molecule has 1 unspecified atom stereocenters. The van der Waals surface area contributed by atoms with E-state index in [1.165, 1.54) is 16.8 Å². The Bertz CT molecular complexity index is 634. The lowest BCUT2D eigenvalue weighted by atomic mass is 9.96. The van der Waals surface area contributed by atoms with Gasteiger partial charge in [0.1, 0.15) is 12.4 Å². The second kappa shape index (κ2) is 5.90. The van der Waals surface area contributed by atoms with Gasteiger partial charge in [-0.05, 0) is 49.4 Å². The fourth-order valence-corrected chi connectivity index (χ4v) is 2.84. The lowest BCUT2D eigenvalue weighted by molar-refractivity contribution is 0.154. The van der Waals surface area contributed by atoms with Gasteiger partial charge in [-0.25, -0.2) is 0 Å². The van der Waals surface area contributed by atoms with E-state index in [0.29, 0.717) is 13.0 Å². The molecule has 1 aromatic carbocycles. The molecule has 4 heteroatoms. The van der Waals surface area contributed by atoms with E-state index in [9.17, 15) is 5.11 Å². The van der Waals surface area contributed by atoms with Crippen molar-refractivity contribution in [1.82, 2.24) is 9.78 Å². The van der Waals surface area contributed by atoms with E-state index in [1.54, 1.807) is 0 Å². The van der Waals surface area contributed by atoms with Gasteiger partial charge in [0, 0.05) is 12.1 Å². The highest BCUT2D eigenvalue weighted by atomic mass is 16.5. The molecule has 1 N–H and O–H groups in total. The van der Waals surface area contributed by atoms with Crippen LogP contribution < -0.4 is 4.74 Å². The zero-order valence-electron chi connectivity index (χ0n) is 12.7. The van der Waals surface area contributed by atoms with Gasteiger partial charge in [-0.1, -0.05) is 12.1 Å². The summed E-state index contributed by atoms with van der Waals surface area (Å²) in [5.41, 5.74) is 4.79. The van der Waals surface area contributed by atoms with Gasteiger partial charge >= 0.3 is 0 Å². The average molecular weight is 286 g/mol. The molecule has 0 aliphatic heterocycles. The standard InChI is InChI=1S/C17H22N2O2/c1-12-3-4-13(2)17(9-12)21-8-7-19-16-10-15(20)6-5-14(16)11-18-19/h3-4,9,11,15,20H,5-8,10H2,1-2H3. The molecule has 0 saturated carbocycles. The molecule has 0 radical (unpaired) electrons. The SMILES string of the molecule is Cc1ccc(C)c(OCCn2ncc3c2CC(O)CC3)c1. The maximum Gasteiger partial charge on any atom is 0.122 e. The van der Waals surface area contributed by atoms with Crippen molar-refractivity contribution >= 4 is 0 Å². The number of nitrogens with zero attached hydrogens (tertiary/aromatic N) is 2. The molecular formula is C17H22N2O2. The molecule has 1 heterocycles. The highest BCUT2D eigenvalue weighted by Gasteiger charge is 2.20. The summed E-state index contributed by atoms with van der Waals surface area (Å²) >= 11 is 0. The molecular weight excluding hydrogens is 264 g/mol. The number of aryl methyl sites for hydroxylation is 3. The number of aromatic nitrogens is 2. The molecule has 0 amide bonds. The molecule has 2 aromatic rings. The Kier molecular flexibility index (Phi) is 3.97. The first-order chi connectivity index (χ1) is 10.1. The van der Waals surface area contributed by atoms with Crippen molar-refractivity contribution in [3.63, 3.8) is 0 Å². The lowest BCUT2D eigenvalue weighted by Gasteiger charge is -2.19. The molecule has 112 valence electrons. The van der Waals surface area contributed by atoms with Crippen molar-refractivity contribution in [2.24, 2.45) is 0 Å². The molecule has 0 saturated heterocycles. The third-order valence-electron chi connectivity index (χ3n) is 4.12. The number of benzene rings is 1. The smallest absolute Gasteiger partial charge is 0.122 e. The average Bonchev–Trinajstić information content (AvgIpc) is 2.85. The van der Waals surface area contributed by atoms with E-state index in [-0.39, 0.29) is 6.10 Å². The van der Waals surface area contributed by atoms with Gasteiger partial charge < -0.3 is 9.84 Å². The molecule has 4 nitrogen and oxygen atoms in total. The number of aliphatic hydroxyl groups excluding tert-OH is 1. The molecule has 0 spiro atoms. The monoisotopic (exact) mass is 286 g/mol. The van der Waals surface area contributed by atoms with Crippen LogP contribution in [0.2, 0.25) is 0 Å². The minimum atomic E-state index is -0.229. The van der Waals surface area contributed by atoms with Crippen LogP contribution in [0.25, 0.3) is 0 Å². The van der Waals surface area contributed by atoms with Crippen LogP contribution in [0.15, 0.2) is 24.4 Å². The van der Waals surface area contributed by atoms with Gasteiger partial charge in [0.15, 0.2) is 0 Å². The predicted octanol–water partition coefficient (Wildman–Crippen LogP) is 2.43. The summed E-state index contributed by atoms with van der Waals surface area (Å²) in [5.74, 6) is 0.941. The Labute approximate surface area is 125 Å². The second-order valence-corrected chi connectivity index (χ2v) is 5.85. The van der Waals surface area contributed by atoms with E-state index in [2.05, 4.69) is 37.1 Å². The summed E-state index contributed by atoms with van der Waals surface area (Å²) in [6.45, 7) is 5.43. The van der Waals surface area contributed by atoms with E-state index in [4.69, 9.17) is 4.74 Å². The number of aliphatic hydroxyl groups is 1. The van der Waals surface area contributed by atoms with Crippen LogP contribution in [-0.4, -0.2) is 27.6 Å².